The molecule has 4 rings (SSSR count). The van der Waals surface area contributed by atoms with E-state index < -0.39 is 10.0 Å². The van der Waals surface area contributed by atoms with Crippen LogP contribution in [0, 0.1) is 0 Å². The number of aryl methyl sites for hydroxylation is 1. The zero-order chi connectivity index (χ0) is 25.0. The smallest absolute Gasteiger partial charge is 0.253 e. The molecule has 8 nitrogen and oxygen atoms in total. The fourth-order valence-corrected chi connectivity index (χ4v) is 6.13. The van der Waals surface area contributed by atoms with E-state index >= 15 is 0 Å². The molecule has 0 unspecified atom stereocenters. The molecule has 2 amide bonds. The summed E-state index contributed by atoms with van der Waals surface area (Å²) in [6.07, 6.45) is 0.941. The predicted molar refractivity (Wildman–Crippen MR) is 135 cm³/mol. The van der Waals surface area contributed by atoms with Gasteiger partial charge in [-0.3, -0.25) is 14.5 Å². The van der Waals surface area contributed by atoms with Crippen LogP contribution in [-0.4, -0.2) is 97.6 Å². The van der Waals surface area contributed by atoms with Gasteiger partial charge in [0.25, 0.3) is 5.91 Å². The molecule has 2 aliphatic heterocycles. The Balaban J connectivity index is 1.28. The second-order valence-electron chi connectivity index (χ2n) is 9.10. The van der Waals surface area contributed by atoms with E-state index in [1.54, 1.807) is 35.2 Å². The molecule has 0 saturated carbocycles. The van der Waals surface area contributed by atoms with E-state index in [0.717, 1.165) is 6.42 Å². The summed E-state index contributed by atoms with van der Waals surface area (Å²) in [5.41, 5.74) is 1.90. The maximum Gasteiger partial charge on any atom is 0.253 e. The summed E-state index contributed by atoms with van der Waals surface area (Å²) in [7, 11) is -3.55. The molecule has 2 fully saturated rings. The minimum Gasteiger partial charge on any atom is -0.339 e. The van der Waals surface area contributed by atoms with Crippen LogP contribution in [0.25, 0.3) is 0 Å². The molecule has 2 heterocycles. The first-order chi connectivity index (χ1) is 16.8. The van der Waals surface area contributed by atoms with Gasteiger partial charge in [0.1, 0.15) is 0 Å². The third-order valence-electron chi connectivity index (χ3n) is 7.05. The van der Waals surface area contributed by atoms with Crippen LogP contribution in [0.1, 0.15) is 29.8 Å². The number of sulfonamides is 1. The molecule has 0 bridgehead atoms. The summed E-state index contributed by atoms with van der Waals surface area (Å²) in [6.45, 7) is 7.74. The van der Waals surface area contributed by atoms with Gasteiger partial charge in [-0.25, -0.2) is 8.42 Å². The van der Waals surface area contributed by atoms with Gasteiger partial charge in [-0.05, 0) is 43.2 Å². The normalized spacial score (nSPS) is 18.9. The average Bonchev–Trinajstić information content (AvgIpc) is 2.92. The fourth-order valence-electron chi connectivity index (χ4n) is 4.69. The number of carbonyl (C=O) groups is 2. The molecular weight excluding hydrogens is 464 g/mol. The number of piperazine rings is 2. The molecule has 2 aliphatic rings. The lowest BCUT2D eigenvalue weighted by Gasteiger charge is -2.40. The van der Waals surface area contributed by atoms with Crippen LogP contribution in [0.15, 0.2) is 59.5 Å². The quantitative estimate of drug-likeness (QED) is 0.608. The zero-order valence-corrected chi connectivity index (χ0v) is 21.3. The molecule has 2 aromatic rings. The topological polar surface area (TPSA) is 81.2 Å². The highest BCUT2D eigenvalue weighted by molar-refractivity contribution is 7.89. The summed E-state index contributed by atoms with van der Waals surface area (Å²) in [5, 5.41) is 0. The number of rotatable bonds is 6. The van der Waals surface area contributed by atoms with Gasteiger partial charge >= 0.3 is 0 Å². The fraction of sp³-hybridized carbons (Fsp3) is 0.462. The van der Waals surface area contributed by atoms with Gasteiger partial charge < -0.3 is 9.80 Å². The summed E-state index contributed by atoms with van der Waals surface area (Å²) >= 11 is 0. The number of nitrogens with zero attached hydrogens (tertiary/aromatic N) is 4. The molecule has 2 aromatic carbocycles. The van der Waals surface area contributed by atoms with Gasteiger partial charge in [0, 0.05) is 57.9 Å². The highest BCUT2D eigenvalue weighted by Gasteiger charge is 2.34. The lowest BCUT2D eigenvalue weighted by molar-refractivity contribution is -0.138. The molecule has 188 valence electrons. The highest BCUT2D eigenvalue weighted by Crippen LogP contribution is 2.19. The molecule has 9 heteroatoms. The van der Waals surface area contributed by atoms with Gasteiger partial charge in [-0.15, -0.1) is 0 Å². The van der Waals surface area contributed by atoms with Crippen molar-refractivity contribution < 1.29 is 18.0 Å². The van der Waals surface area contributed by atoms with Crippen LogP contribution in [0.2, 0.25) is 0 Å². The van der Waals surface area contributed by atoms with Gasteiger partial charge in [0.2, 0.25) is 15.9 Å². The van der Waals surface area contributed by atoms with Gasteiger partial charge in [-0.2, -0.15) is 4.31 Å². The van der Waals surface area contributed by atoms with Crippen LogP contribution in [-0.2, 0) is 21.2 Å². The van der Waals surface area contributed by atoms with E-state index in [-0.39, 0.29) is 35.8 Å². The number of amides is 2. The number of hydrogen-bond donors (Lipinski definition) is 0. The first-order valence-corrected chi connectivity index (χ1v) is 13.7. The standard InChI is InChI=1S/C26H34N4O4S/c1-3-22-9-11-23(12-10-22)26(32)29-15-13-27(14-16-29)21(2)25(31)28-17-19-30(20-18-28)35(33,34)24-7-5-4-6-8-24/h4-12,21H,3,13-20H2,1-2H3/t21-/m1/s1. The van der Waals surface area contributed by atoms with Crippen molar-refractivity contribution in [2.45, 2.75) is 31.2 Å². The van der Waals surface area contributed by atoms with E-state index in [2.05, 4.69) is 11.8 Å². The molecule has 0 aromatic heterocycles. The van der Waals surface area contributed by atoms with Crippen molar-refractivity contribution in [3.05, 3.63) is 65.7 Å². The van der Waals surface area contributed by atoms with Crippen molar-refractivity contribution in [3.8, 4) is 0 Å². The summed E-state index contributed by atoms with van der Waals surface area (Å²) in [4.78, 5) is 32.0. The van der Waals surface area contributed by atoms with E-state index in [9.17, 15) is 18.0 Å². The van der Waals surface area contributed by atoms with Crippen LogP contribution in [0.4, 0.5) is 0 Å². The average molecular weight is 499 g/mol. The predicted octanol–water partition coefficient (Wildman–Crippen LogP) is 1.93. The molecule has 1 atom stereocenters. The molecule has 0 N–H and O–H groups in total. The summed E-state index contributed by atoms with van der Waals surface area (Å²) in [6, 6.07) is 15.9. The van der Waals surface area contributed by atoms with Crippen molar-refractivity contribution in [1.29, 1.82) is 0 Å². The van der Waals surface area contributed by atoms with Crippen molar-refractivity contribution >= 4 is 21.8 Å². The Morgan fingerprint density at radius 3 is 1.94 bits per heavy atom. The largest absolute Gasteiger partial charge is 0.339 e. The van der Waals surface area contributed by atoms with E-state index in [4.69, 9.17) is 0 Å². The lowest BCUT2D eigenvalue weighted by atomic mass is 10.1. The monoisotopic (exact) mass is 498 g/mol. The lowest BCUT2D eigenvalue weighted by Crippen LogP contribution is -2.58. The van der Waals surface area contributed by atoms with Crippen LogP contribution < -0.4 is 0 Å². The molecule has 0 radical (unpaired) electrons. The first-order valence-electron chi connectivity index (χ1n) is 12.3. The summed E-state index contributed by atoms with van der Waals surface area (Å²) < 4.78 is 27.1. The van der Waals surface area contributed by atoms with Crippen LogP contribution in [0.5, 0.6) is 0 Å². The Morgan fingerprint density at radius 1 is 0.800 bits per heavy atom. The second kappa shape index (κ2) is 10.9. The van der Waals surface area contributed by atoms with Crippen molar-refractivity contribution in [1.82, 2.24) is 19.0 Å². The molecule has 0 aliphatic carbocycles. The Bertz CT molecular complexity index is 1120. The van der Waals surface area contributed by atoms with E-state index in [1.165, 1.54) is 9.87 Å². The summed E-state index contributed by atoms with van der Waals surface area (Å²) in [5.74, 6) is 0.0405. The van der Waals surface area contributed by atoms with Crippen molar-refractivity contribution in [2.75, 3.05) is 52.4 Å². The van der Waals surface area contributed by atoms with Crippen molar-refractivity contribution in [2.24, 2.45) is 0 Å². The Kier molecular flexibility index (Phi) is 7.88. The molecule has 35 heavy (non-hydrogen) atoms. The Morgan fingerprint density at radius 2 is 1.37 bits per heavy atom. The van der Waals surface area contributed by atoms with Crippen molar-refractivity contribution in [3.63, 3.8) is 0 Å². The minimum absolute atomic E-state index is 0.0108. The highest BCUT2D eigenvalue weighted by atomic mass is 32.2. The Hall–Kier alpha value is -2.75. The van der Waals surface area contributed by atoms with Crippen LogP contribution >= 0.6 is 0 Å². The molecule has 0 spiro atoms. The number of hydrogen-bond acceptors (Lipinski definition) is 5. The van der Waals surface area contributed by atoms with Gasteiger partial charge in [0.05, 0.1) is 10.9 Å². The Labute approximate surface area is 208 Å². The number of benzene rings is 2. The zero-order valence-electron chi connectivity index (χ0n) is 20.5. The maximum atomic E-state index is 13.2. The number of carbonyl (C=O) groups excluding carboxylic acids is 2. The SMILES string of the molecule is CCc1ccc(C(=O)N2CCN([C@H](C)C(=O)N3CCN(S(=O)(=O)c4ccccc4)CC3)CC2)cc1. The van der Waals surface area contributed by atoms with Gasteiger partial charge in [0.15, 0.2) is 0 Å². The first kappa shape index (κ1) is 25.3. The van der Waals surface area contributed by atoms with E-state index in [0.29, 0.717) is 44.8 Å². The maximum absolute atomic E-state index is 13.2. The second-order valence-corrected chi connectivity index (χ2v) is 11.0. The molecule has 2 saturated heterocycles. The van der Waals surface area contributed by atoms with Gasteiger partial charge in [-0.1, -0.05) is 37.3 Å². The van der Waals surface area contributed by atoms with E-state index in [1.807, 2.05) is 36.1 Å². The minimum atomic E-state index is -3.55. The third kappa shape index (κ3) is 5.58. The third-order valence-corrected chi connectivity index (χ3v) is 8.96. The van der Waals surface area contributed by atoms with Crippen LogP contribution in [0.3, 0.4) is 0 Å². The molecular formula is C26H34N4O4S.